The molecule has 7 heteroatoms. The SMILES string of the molecule is FC(F)(F)COc1nn(CC2CCCCC2)cc1I. The molecular weight excluding hydrogens is 372 g/mol. The van der Waals surface area contributed by atoms with Gasteiger partial charge in [-0.3, -0.25) is 4.68 Å². The summed E-state index contributed by atoms with van der Waals surface area (Å²) in [6.45, 7) is -0.519. The lowest BCUT2D eigenvalue weighted by Gasteiger charge is -2.21. The number of halogens is 4. The van der Waals surface area contributed by atoms with Crippen LogP contribution in [0.5, 0.6) is 5.88 Å². The summed E-state index contributed by atoms with van der Waals surface area (Å²) in [5.41, 5.74) is 0. The molecule has 1 aromatic heterocycles. The van der Waals surface area contributed by atoms with Gasteiger partial charge in [-0.15, -0.1) is 5.10 Å². The fourth-order valence-corrected chi connectivity index (χ4v) is 2.94. The van der Waals surface area contributed by atoms with E-state index in [1.54, 1.807) is 10.9 Å². The minimum Gasteiger partial charge on any atom is -0.466 e. The Morgan fingerprint density at radius 2 is 2.00 bits per heavy atom. The number of ether oxygens (including phenoxy) is 1. The molecule has 3 nitrogen and oxygen atoms in total. The maximum atomic E-state index is 12.1. The highest BCUT2D eigenvalue weighted by atomic mass is 127. The van der Waals surface area contributed by atoms with Gasteiger partial charge >= 0.3 is 6.18 Å². The Balaban J connectivity index is 1.92. The predicted molar refractivity (Wildman–Crippen MR) is 73.1 cm³/mol. The van der Waals surface area contributed by atoms with E-state index >= 15 is 0 Å². The van der Waals surface area contributed by atoms with Crippen molar-refractivity contribution in [2.45, 2.75) is 44.8 Å². The highest BCUT2D eigenvalue weighted by Crippen LogP contribution is 2.27. The van der Waals surface area contributed by atoms with Crippen LogP contribution in [0.25, 0.3) is 0 Å². The molecule has 0 aromatic carbocycles. The van der Waals surface area contributed by atoms with Crippen molar-refractivity contribution in [2.24, 2.45) is 5.92 Å². The second-order valence-corrected chi connectivity index (χ2v) is 6.07. The third-order valence-corrected chi connectivity index (χ3v) is 3.97. The largest absolute Gasteiger partial charge is 0.466 e. The normalized spacial score (nSPS) is 17.7. The van der Waals surface area contributed by atoms with Crippen LogP contribution >= 0.6 is 22.6 Å². The molecule has 19 heavy (non-hydrogen) atoms. The molecule has 1 saturated carbocycles. The minimum atomic E-state index is -4.32. The Morgan fingerprint density at radius 1 is 1.32 bits per heavy atom. The zero-order valence-electron chi connectivity index (χ0n) is 10.4. The van der Waals surface area contributed by atoms with Crippen LogP contribution in [0.2, 0.25) is 0 Å². The fourth-order valence-electron chi connectivity index (χ4n) is 2.36. The first-order valence-electron chi connectivity index (χ1n) is 6.36. The summed E-state index contributed by atoms with van der Waals surface area (Å²) >= 11 is 1.95. The van der Waals surface area contributed by atoms with Gasteiger partial charge in [-0.2, -0.15) is 13.2 Å². The first-order chi connectivity index (χ1) is 8.94. The number of alkyl halides is 3. The minimum absolute atomic E-state index is 0.0775. The van der Waals surface area contributed by atoms with Crippen LogP contribution in [0.3, 0.4) is 0 Å². The van der Waals surface area contributed by atoms with Gasteiger partial charge in [0, 0.05) is 12.7 Å². The molecule has 0 bridgehead atoms. The van der Waals surface area contributed by atoms with Crippen molar-refractivity contribution in [2.75, 3.05) is 6.61 Å². The van der Waals surface area contributed by atoms with E-state index in [9.17, 15) is 13.2 Å². The van der Waals surface area contributed by atoms with Crippen molar-refractivity contribution in [3.8, 4) is 5.88 Å². The number of hydrogen-bond acceptors (Lipinski definition) is 2. The third-order valence-electron chi connectivity index (χ3n) is 3.23. The smallest absolute Gasteiger partial charge is 0.422 e. The van der Waals surface area contributed by atoms with Crippen LogP contribution in [0.15, 0.2) is 6.20 Å². The molecule has 0 radical (unpaired) electrons. The van der Waals surface area contributed by atoms with Crippen LogP contribution < -0.4 is 4.74 Å². The highest BCUT2D eigenvalue weighted by molar-refractivity contribution is 14.1. The van der Waals surface area contributed by atoms with Crippen LogP contribution in [0, 0.1) is 9.49 Å². The van der Waals surface area contributed by atoms with Crippen LogP contribution in [-0.4, -0.2) is 22.6 Å². The molecule has 1 aliphatic rings. The van der Waals surface area contributed by atoms with E-state index in [1.807, 2.05) is 22.6 Å². The molecule has 0 spiro atoms. The van der Waals surface area contributed by atoms with Gasteiger partial charge < -0.3 is 4.74 Å². The molecule has 2 rings (SSSR count). The van der Waals surface area contributed by atoms with Gasteiger partial charge in [0.25, 0.3) is 0 Å². The summed E-state index contributed by atoms with van der Waals surface area (Å²) in [4.78, 5) is 0. The number of hydrogen-bond donors (Lipinski definition) is 0. The number of rotatable bonds is 4. The lowest BCUT2D eigenvalue weighted by atomic mass is 9.89. The lowest BCUT2D eigenvalue weighted by Crippen LogP contribution is -2.20. The second-order valence-electron chi connectivity index (χ2n) is 4.91. The molecule has 0 aliphatic heterocycles. The average molecular weight is 388 g/mol. The standard InChI is InChI=1S/C12H16F3IN2O/c13-12(14,15)8-19-11-10(16)7-18(17-11)6-9-4-2-1-3-5-9/h7,9H,1-6,8H2. The molecule has 0 saturated heterocycles. The van der Waals surface area contributed by atoms with E-state index in [0.29, 0.717) is 9.49 Å². The maximum absolute atomic E-state index is 12.1. The van der Waals surface area contributed by atoms with E-state index in [4.69, 9.17) is 4.74 Å². The summed E-state index contributed by atoms with van der Waals surface area (Å²) in [6, 6.07) is 0. The zero-order chi connectivity index (χ0) is 13.9. The summed E-state index contributed by atoms with van der Waals surface area (Å²) in [5, 5.41) is 4.09. The molecule has 0 atom stereocenters. The fraction of sp³-hybridized carbons (Fsp3) is 0.750. The molecule has 0 amide bonds. The third kappa shape index (κ3) is 4.85. The van der Waals surface area contributed by atoms with Crippen LogP contribution in [0.1, 0.15) is 32.1 Å². The Morgan fingerprint density at radius 3 is 2.63 bits per heavy atom. The van der Waals surface area contributed by atoms with Crippen LogP contribution in [0.4, 0.5) is 13.2 Å². The van der Waals surface area contributed by atoms with Gasteiger partial charge in [-0.1, -0.05) is 19.3 Å². The summed E-state index contributed by atoms with van der Waals surface area (Å²) in [6.07, 6.45) is 3.54. The predicted octanol–water partition coefficient (Wildman–Crippen LogP) is 4.01. The van der Waals surface area contributed by atoms with Gasteiger partial charge in [0.2, 0.25) is 5.88 Å². The van der Waals surface area contributed by atoms with Crippen molar-refractivity contribution < 1.29 is 17.9 Å². The molecule has 108 valence electrons. The number of aromatic nitrogens is 2. The molecule has 1 aliphatic carbocycles. The Bertz CT molecular complexity index is 414. The molecule has 0 unspecified atom stereocenters. The summed E-state index contributed by atoms with van der Waals surface area (Å²) in [7, 11) is 0. The first kappa shape index (κ1) is 14.9. The molecule has 1 aromatic rings. The molecular formula is C12H16F3IN2O. The van der Waals surface area contributed by atoms with Crippen molar-refractivity contribution in [1.82, 2.24) is 9.78 Å². The number of nitrogens with zero attached hydrogens (tertiary/aromatic N) is 2. The van der Waals surface area contributed by atoms with Crippen molar-refractivity contribution in [1.29, 1.82) is 0 Å². The van der Waals surface area contributed by atoms with Crippen LogP contribution in [-0.2, 0) is 6.54 Å². The topological polar surface area (TPSA) is 27.1 Å². The first-order valence-corrected chi connectivity index (χ1v) is 7.44. The van der Waals surface area contributed by atoms with Gasteiger partial charge in [0.15, 0.2) is 6.61 Å². The van der Waals surface area contributed by atoms with E-state index < -0.39 is 12.8 Å². The Hall–Kier alpha value is -0.470. The summed E-state index contributed by atoms with van der Waals surface area (Å²) < 4.78 is 43.3. The van der Waals surface area contributed by atoms with Gasteiger partial charge in [0.1, 0.15) is 0 Å². The average Bonchev–Trinajstić information content (AvgIpc) is 2.67. The quantitative estimate of drug-likeness (QED) is 0.729. The van der Waals surface area contributed by atoms with Crippen molar-refractivity contribution in [3.05, 3.63) is 9.77 Å². The zero-order valence-corrected chi connectivity index (χ0v) is 12.6. The second kappa shape index (κ2) is 6.32. The van der Waals surface area contributed by atoms with E-state index in [0.717, 1.165) is 6.54 Å². The highest BCUT2D eigenvalue weighted by Gasteiger charge is 2.29. The Kier molecular flexibility index (Phi) is 4.97. The molecule has 0 N–H and O–H groups in total. The van der Waals surface area contributed by atoms with E-state index in [-0.39, 0.29) is 5.88 Å². The Labute approximate surface area is 123 Å². The van der Waals surface area contributed by atoms with E-state index in [2.05, 4.69) is 5.10 Å². The van der Waals surface area contributed by atoms with Gasteiger partial charge in [-0.05, 0) is 41.4 Å². The lowest BCUT2D eigenvalue weighted by molar-refractivity contribution is -0.154. The van der Waals surface area contributed by atoms with Gasteiger partial charge in [-0.25, -0.2) is 0 Å². The molecule has 1 heterocycles. The molecule has 1 fully saturated rings. The van der Waals surface area contributed by atoms with E-state index in [1.165, 1.54) is 32.1 Å². The summed E-state index contributed by atoms with van der Waals surface area (Å²) in [5.74, 6) is 0.661. The maximum Gasteiger partial charge on any atom is 0.422 e. The van der Waals surface area contributed by atoms with Gasteiger partial charge in [0.05, 0.1) is 3.57 Å². The van der Waals surface area contributed by atoms with Crippen molar-refractivity contribution >= 4 is 22.6 Å². The van der Waals surface area contributed by atoms with Crippen molar-refractivity contribution in [3.63, 3.8) is 0 Å². The monoisotopic (exact) mass is 388 g/mol.